The monoisotopic (exact) mass is 1090 g/mol. The summed E-state index contributed by atoms with van der Waals surface area (Å²) in [6.45, 7) is 6.49. The van der Waals surface area contributed by atoms with Crippen molar-refractivity contribution in [1.29, 1.82) is 0 Å². The standard InChI is InChI=1S/C72H128O6/c1-4-7-10-13-16-19-22-25-28-30-32-33-34-35-36-37-38-39-40-42-44-47-50-53-56-59-62-65-71(74)77-68-69(67-76-70(73)64-61-58-55-52-49-46-43-27-24-21-18-15-12-9-6-3)78-72(75)66-63-60-57-54-51-48-45-41-31-29-26-23-20-17-14-11-8-5-2/h9,12,18,21,27,29,31,43,49,52,58,61,69H,4-8,10-11,13-17,19-20,22-26,28,30,32-42,44-48,50-51,53-57,59-60,62-68H2,1-3H3/b12-9-,21-18-,31-29-,43-27-,52-49-,61-58-. The van der Waals surface area contributed by atoms with Crippen molar-refractivity contribution in [2.75, 3.05) is 13.2 Å². The van der Waals surface area contributed by atoms with Gasteiger partial charge in [0.25, 0.3) is 0 Å². The summed E-state index contributed by atoms with van der Waals surface area (Å²) in [5, 5.41) is 0. The quantitative estimate of drug-likeness (QED) is 0.0261. The molecule has 6 heteroatoms. The Bertz CT molecular complexity index is 1440. The van der Waals surface area contributed by atoms with Crippen LogP contribution in [-0.4, -0.2) is 37.2 Å². The van der Waals surface area contributed by atoms with Gasteiger partial charge in [-0.15, -0.1) is 0 Å². The number of carbonyl (C=O) groups excluding carboxylic acids is 3. The van der Waals surface area contributed by atoms with Gasteiger partial charge in [-0.25, -0.2) is 0 Å². The van der Waals surface area contributed by atoms with Crippen LogP contribution in [0.5, 0.6) is 0 Å². The first kappa shape index (κ1) is 74.8. The van der Waals surface area contributed by atoms with E-state index in [1.165, 1.54) is 238 Å². The van der Waals surface area contributed by atoms with Crippen molar-refractivity contribution in [3.05, 3.63) is 72.9 Å². The van der Waals surface area contributed by atoms with Crippen LogP contribution in [0.2, 0.25) is 0 Å². The fraction of sp³-hybridized carbons (Fsp3) is 0.792. The molecule has 0 amide bonds. The van der Waals surface area contributed by atoms with Gasteiger partial charge in [-0.1, -0.05) is 331 Å². The van der Waals surface area contributed by atoms with E-state index in [1.807, 2.05) is 6.08 Å². The van der Waals surface area contributed by atoms with E-state index in [1.54, 1.807) is 6.08 Å². The summed E-state index contributed by atoms with van der Waals surface area (Å²) < 4.78 is 16.8. The summed E-state index contributed by atoms with van der Waals surface area (Å²) in [5.41, 5.74) is 0. The largest absolute Gasteiger partial charge is 0.462 e. The predicted octanol–water partition coefficient (Wildman–Crippen LogP) is 23.3. The molecule has 0 aliphatic carbocycles. The van der Waals surface area contributed by atoms with E-state index < -0.39 is 12.1 Å². The molecule has 0 saturated heterocycles. The number of hydrogen-bond acceptors (Lipinski definition) is 6. The molecule has 0 aromatic rings. The number of ether oxygens (including phenoxy) is 3. The van der Waals surface area contributed by atoms with Crippen molar-refractivity contribution in [3.8, 4) is 0 Å². The average molecular weight is 1090 g/mol. The molecule has 0 spiro atoms. The normalized spacial score (nSPS) is 12.5. The van der Waals surface area contributed by atoms with Crippen LogP contribution >= 0.6 is 0 Å². The van der Waals surface area contributed by atoms with E-state index in [0.717, 1.165) is 70.6 Å². The van der Waals surface area contributed by atoms with Crippen molar-refractivity contribution in [3.63, 3.8) is 0 Å². The van der Waals surface area contributed by atoms with E-state index in [4.69, 9.17) is 14.2 Å². The second kappa shape index (κ2) is 66.4. The molecule has 0 heterocycles. The second-order valence-electron chi connectivity index (χ2n) is 22.7. The molecule has 0 bridgehead atoms. The molecule has 6 nitrogen and oxygen atoms in total. The Kier molecular flexibility index (Phi) is 63.7. The van der Waals surface area contributed by atoms with Crippen LogP contribution < -0.4 is 0 Å². The number of rotatable bonds is 62. The molecule has 78 heavy (non-hydrogen) atoms. The summed E-state index contributed by atoms with van der Waals surface area (Å²) in [6.07, 6.45) is 86.7. The van der Waals surface area contributed by atoms with Crippen molar-refractivity contribution in [1.82, 2.24) is 0 Å². The van der Waals surface area contributed by atoms with Crippen LogP contribution in [0.15, 0.2) is 72.9 Å². The minimum Gasteiger partial charge on any atom is -0.462 e. The Hall–Kier alpha value is -3.15. The van der Waals surface area contributed by atoms with Crippen LogP contribution in [0.1, 0.15) is 348 Å². The Morgan fingerprint density at radius 2 is 0.551 bits per heavy atom. The third-order valence-corrected chi connectivity index (χ3v) is 15.0. The van der Waals surface area contributed by atoms with Crippen molar-refractivity contribution < 1.29 is 28.6 Å². The van der Waals surface area contributed by atoms with Gasteiger partial charge in [0.2, 0.25) is 0 Å². The van der Waals surface area contributed by atoms with Gasteiger partial charge in [0.1, 0.15) is 13.2 Å². The van der Waals surface area contributed by atoms with E-state index in [-0.39, 0.29) is 31.6 Å². The maximum Gasteiger partial charge on any atom is 0.309 e. The molecular formula is C72H128O6. The average Bonchev–Trinajstić information content (AvgIpc) is 3.44. The maximum absolute atomic E-state index is 12.9. The summed E-state index contributed by atoms with van der Waals surface area (Å²) in [6, 6.07) is 0. The van der Waals surface area contributed by atoms with Crippen molar-refractivity contribution in [2.45, 2.75) is 354 Å². The molecule has 0 radical (unpaired) electrons. The fourth-order valence-corrected chi connectivity index (χ4v) is 9.93. The second-order valence-corrected chi connectivity index (χ2v) is 22.7. The molecule has 0 aromatic carbocycles. The molecule has 0 aliphatic heterocycles. The Labute approximate surface area is 484 Å². The minimum atomic E-state index is -0.817. The summed E-state index contributed by atoms with van der Waals surface area (Å²) in [5.74, 6) is -1.02. The molecular weight excluding hydrogens is 961 g/mol. The van der Waals surface area contributed by atoms with E-state index >= 15 is 0 Å². The summed E-state index contributed by atoms with van der Waals surface area (Å²) in [7, 11) is 0. The lowest BCUT2D eigenvalue weighted by Crippen LogP contribution is -2.30. The van der Waals surface area contributed by atoms with Crippen LogP contribution in [0.25, 0.3) is 0 Å². The van der Waals surface area contributed by atoms with Gasteiger partial charge in [0, 0.05) is 12.8 Å². The van der Waals surface area contributed by atoms with Crippen molar-refractivity contribution in [2.24, 2.45) is 0 Å². The topological polar surface area (TPSA) is 78.9 Å². The number of allylic oxidation sites excluding steroid dienone is 11. The molecule has 0 aromatic heterocycles. The lowest BCUT2D eigenvalue weighted by molar-refractivity contribution is -0.166. The first-order valence-electron chi connectivity index (χ1n) is 33.9. The predicted molar refractivity (Wildman–Crippen MR) is 339 cm³/mol. The fourth-order valence-electron chi connectivity index (χ4n) is 9.93. The maximum atomic E-state index is 12.9. The van der Waals surface area contributed by atoms with E-state index in [2.05, 4.69) is 81.5 Å². The number of carbonyl (C=O) groups is 3. The Morgan fingerprint density at radius 3 is 0.885 bits per heavy atom. The van der Waals surface area contributed by atoms with Gasteiger partial charge in [-0.2, -0.15) is 0 Å². The molecule has 0 rings (SSSR count). The Morgan fingerprint density at radius 1 is 0.282 bits per heavy atom. The number of hydrogen-bond donors (Lipinski definition) is 0. The first-order valence-corrected chi connectivity index (χ1v) is 33.9. The molecule has 452 valence electrons. The number of esters is 3. The lowest BCUT2D eigenvalue weighted by Gasteiger charge is -2.18. The highest BCUT2D eigenvalue weighted by Crippen LogP contribution is 2.18. The SMILES string of the molecule is CC/C=C\C/C=C\C/C=C\C/C=C\C/C=C\CC(=O)OCC(COC(=O)CCCCCCCCCCCCCCCCCCCCCCCCCCCCC)OC(=O)CCCCCCCCC/C=C\CCCCCCCCC. The van der Waals surface area contributed by atoms with Gasteiger partial charge in [-0.3, -0.25) is 14.4 Å². The molecule has 0 N–H and O–H groups in total. The summed E-state index contributed by atoms with van der Waals surface area (Å²) >= 11 is 0. The number of unbranched alkanes of at least 4 members (excludes halogenated alkanes) is 40. The van der Waals surface area contributed by atoms with Crippen molar-refractivity contribution >= 4 is 17.9 Å². The van der Waals surface area contributed by atoms with Gasteiger partial charge < -0.3 is 14.2 Å². The highest BCUT2D eigenvalue weighted by Gasteiger charge is 2.19. The zero-order valence-electron chi connectivity index (χ0n) is 51.9. The van der Waals surface area contributed by atoms with Gasteiger partial charge in [0.15, 0.2) is 6.10 Å². The first-order chi connectivity index (χ1) is 38.5. The van der Waals surface area contributed by atoms with Crippen LogP contribution in [0.3, 0.4) is 0 Å². The zero-order valence-corrected chi connectivity index (χ0v) is 51.9. The van der Waals surface area contributed by atoms with Gasteiger partial charge in [-0.05, 0) is 70.6 Å². The van der Waals surface area contributed by atoms with E-state index in [9.17, 15) is 14.4 Å². The zero-order chi connectivity index (χ0) is 56.4. The van der Waals surface area contributed by atoms with Gasteiger partial charge in [0.05, 0.1) is 6.42 Å². The lowest BCUT2D eigenvalue weighted by atomic mass is 10.0. The molecule has 1 atom stereocenters. The third kappa shape index (κ3) is 63.7. The van der Waals surface area contributed by atoms with Crippen LogP contribution in [-0.2, 0) is 28.6 Å². The van der Waals surface area contributed by atoms with Crippen LogP contribution in [0.4, 0.5) is 0 Å². The molecule has 0 saturated carbocycles. The molecule has 0 aliphatic rings. The third-order valence-electron chi connectivity index (χ3n) is 15.0. The smallest absolute Gasteiger partial charge is 0.309 e. The highest BCUT2D eigenvalue weighted by molar-refractivity contribution is 5.72. The molecule has 1 unspecified atom stereocenters. The van der Waals surface area contributed by atoms with E-state index in [0.29, 0.717) is 12.8 Å². The Balaban J connectivity index is 4.31. The van der Waals surface area contributed by atoms with Crippen LogP contribution in [0, 0.1) is 0 Å². The highest BCUT2D eigenvalue weighted by atomic mass is 16.6. The minimum absolute atomic E-state index is 0.104. The summed E-state index contributed by atoms with van der Waals surface area (Å²) in [4.78, 5) is 38.3. The van der Waals surface area contributed by atoms with Gasteiger partial charge >= 0.3 is 17.9 Å². The molecule has 0 fully saturated rings.